The van der Waals surface area contributed by atoms with E-state index < -0.39 is 0 Å². The van der Waals surface area contributed by atoms with Gasteiger partial charge in [-0.3, -0.25) is 9.78 Å². The molecule has 0 saturated carbocycles. The van der Waals surface area contributed by atoms with E-state index in [-0.39, 0.29) is 11.4 Å². The molecule has 2 aromatic heterocycles. The van der Waals surface area contributed by atoms with E-state index >= 15 is 0 Å². The molecule has 6 heteroatoms. The molecule has 0 atom stereocenters. The second kappa shape index (κ2) is 6.49. The van der Waals surface area contributed by atoms with Gasteiger partial charge in [0.2, 0.25) is 0 Å². The Bertz CT molecular complexity index is 590. The Morgan fingerprint density at radius 1 is 1.38 bits per heavy atom. The highest BCUT2D eigenvalue weighted by Gasteiger charge is 2.21. The molecule has 0 aromatic carbocycles. The highest BCUT2D eigenvalue weighted by Crippen LogP contribution is 2.11. The average molecular weight is 287 g/mol. The summed E-state index contributed by atoms with van der Waals surface area (Å²) in [7, 11) is 0. The van der Waals surface area contributed by atoms with Gasteiger partial charge in [-0.1, -0.05) is 13.8 Å². The van der Waals surface area contributed by atoms with Gasteiger partial charge in [0.25, 0.3) is 5.91 Å². The van der Waals surface area contributed by atoms with Crippen molar-refractivity contribution < 1.29 is 4.79 Å². The SMILES string of the molecule is CCC(N)(CC)CNC(=O)c1cc(-n2cccn2)ccn1. The lowest BCUT2D eigenvalue weighted by molar-refractivity contribution is 0.0937. The Morgan fingerprint density at radius 3 is 2.76 bits per heavy atom. The van der Waals surface area contributed by atoms with Crippen LogP contribution in [0, 0.1) is 0 Å². The van der Waals surface area contributed by atoms with E-state index in [9.17, 15) is 4.79 Å². The van der Waals surface area contributed by atoms with Crippen LogP contribution >= 0.6 is 0 Å². The van der Waals surface area contributed by atoms with Gasteiger partial charge in [0.15, 0.2) is 0 Å². The quantitative estimate of drug-likeness (QED) is 0.843. The van der Waals surface area contributed by atoms with Gasteiger partial charge in [0.1, 0.15) is 5.69 Å². The number of nitrogens with two attached hydrogens (primary N) is 1. The minimum Gasteiger partial charge on any atom is -0.349 e. The summed E-state index contributed by atoms with van der Waals surface area (Å²) in [6.45, 7) is 4.48. The van der Waals surface area contributed by atoms with Gasteiger partial charge in [-0.05, 0) is 31.0 Å². The van der Waals surface area contributed by atoms with Gasteiger partial charge in [-0.2, -0.15) is 5.10 Å². The minimum atomic E-state index is -0.366. The van der Waals surface area contributed by atoms with Crippen LogP contribution in [0.2, 0.25) is 0 Å². The summed E-state index contributed by atoms with van der Waals surface area (Å²) in [6.07, 6.45) is 6.72. The molecule has 6 nitrogen and oxygen atoms in total. The molecule has 0 radical (unpaired) electrons. The van der Waals surface area contributed by atoms with Crippen molar-refractivity contribution in [3.05, 3.63) is 42.5 Å². The van der Waals surface area contributed by atoms with Crippen molar-refractivity contribution in [2.75, 3.05) is 6.54 Å². The number of aromatic nitrogens is 3. The zero-order valence-electron chi connectivity index (χ0n) is 12.4. The number of hydrogen-bond donors (Lipinski definition) is 2. The maximum atomic E-state index is 12.2. The van der Waals surface area contributed by atoms with Gasteiger partial charge < -0.3 is 11.1 Å². The number of nitrogens with zero attached hydrogens (tertiary/aromatic N) is 3. The Morgan fingerprint density at radius 2 is 2.14 bits per heavy atom. The predicted octanol–water partition coefficient (Wildman–Crippen LogP) is 1.51. The third kappa shape index (κ3) is 3.66. The van der Waals surface area contributed by atoms with E-state index in [1.807, 2.05) is 26.1 Å². The van der Waals surface area contributed by atoms with Crippen LogP contribution in [0.4, 0.5) is 0 Å². The summed E-state index contributed by atoms with van der Waals surface area (Å²) in [5, 5.41) is 6.99. The number of rotatable bonds is 6. The molecule has 112 valence electrons. The Kier molecular flexibility index (Phi) is 4.70. The van der Waals surface area contributed by atoms with Crippen LogP contribution in [0.15, 0.2) is 36.8 Å². The molecule has 0 bridgehead atoms. The molecule has 0 saturated heterocycles. The van der Waals surface area contributed by atoms with Crippen molar-refractivity contribution in [1.82, 2.24) is 20.1 Å². The van der Waals surface area contributed by atoms with Crippen molar-refractivity contribution in [3.63, 3.8) is 0 Å². The predicted molar refractivity (Wildman–Crippen MR) is 81.2 cm³/mol. The van der Waals surface area contributed by atoms with E-state index in [1.54, 1.807) is 29.2 Å². The number of hydrogen-bond acceptors (Lipinski definition) is 4. The first kappa shape index (κ1) is 15.2. The first-order valence-corrected chi connectivity index (χ1v) is 7.11. The van der Waals surface area contributed by atoms with E-state index in [2.05, 4.69) is 15.4 Å². The van der Waals surface area contributed by atoms with Gasteiger partial charge in [0.05, 0.1) is 5.69 Å². The fraction of sp³-hybridized carbons (Fsp3) is 0.400. The fourth-order valence-corrected chi connectivity index (χ4v) is 1.95. The third-order valence-corrected chi connectivity index (χ3v) is 3.75. The molecule has 2 aromatic rings. The fourth-order valence-electron chi connectivity index (χ4n) is 1.95. The molecule has 0 fully saturated rings. The van der Waals surface area contributed by atoms with E-state index in [0.29, 0.717) is 12.2 Å². The first-order chi connectivity index (χ1) is 10.1. The summed E-state index contributed by atoms with van der Waals surface area (Å²) >= 11 is 0. The summed E-state index contributed by atoms with van der Waals surface area (Å²) in [4.78, 5) is 16.3. The molecule has 0 unspecified atom stereocenters. The van der Waals surface area contributed by atoms with Crippen LogP contribution < -0.4 is 11.1 Å². The standard InChI is InChI=1S/C15H21N5O/c1-3-15(16,4-2)11-18-14(21)13-10-12(6-8-17-13)20-9-5-7-19-20/h5-10H,3-4,11,16H2,1-2H3,(H,18,21). The highest BCUT2D eigenvalue weighted by molar-refractivity contribution is 5.92. The monoisotopic (exact) mass is 287 g/mol. The number of carbonyl (C=O) groups is 1. The molecule has 1 amide bonds. The summed E-state index contributed by atoms with van der Waals surface area (Å²) in [5.74, 6) is -0.222. The van der Waals surface area contributed by atoms with E-state index in [1.165, 1.54) is 0 Å². The van der Waals surface area contributed by atoms with Gasteiger partial charge >= 0.3 is 0 Å². The number of nitrogens with one attached hydrogen (secondary N) is 1. The van der Waals surface area contributed by atoms with Crippen LogP contribution in [0.1, 0.15) is 37.2 Å². The van der Waals surface area contributed by atoms with Crippen LogP contribution in [-0.2, 0) is 0 Å². The molecule has 2 heterocycles. The second-order valence-electron chi connectivity index (χ2n) is 5.10. The third-order valence-electron chi connectivity index (χ3n) is 3.75. The maximum Gasteiger partial charge on any atom is 0.270 e. The van der Waals surface area contributed by atoms with Crippen LogP contribution in [0.25, 0.3) is 5.69 Å². The lowest BCUT2D eigenvalue weighted by Gasteiger charge is -2.26. The molecule has 21 heavy (non-hydrogen) atoms. The lowest BCUT2D eigenvalue weighted by atomic mass is 9.94. The minimum absolute atomic E-state index is 0.222. The Balaban J connectivity index is 2.08. The molecule has 3 N–H and O–H groups in total. The van der Waals surface area contributed by atoms with Gasteiger partial charge in [-0.15, -0.1) is 0 Å². The van der Waals surface area contributed by atoms with Gasteiger partial charge in [-0.25, -0.2) is 4.68 Å². The zero-order valence-corrected chi connectivity index (χ0v) is 12.4. The van der Waals surface area contributed by atoms with E-state index in [4.69, 9.17) is 5.73 Å². The number of amides is 1. The Labute approximate surface area is 124 Å². The van der Waals surface area contributed by atoms with E-state index in [0.717, 1.165) is 18.5 Å². The highest BCUT2D eigenvalue weighted by atomic mass is 16.1. The molecule has 0 aliphatic carbocycles. The molecular weight excluding hydrogens is 266 g/mol. The van der Waals surface area contributed by atoms with Crippen molar-refractivity contribution in [3.8, 4) is 5.69 Å². The number of pyridine rings is 1. The summed E-state index contributed by atoms with van der Waals surface area (Å²) in [5.41, 5.74) is 6.97. The first-order valence-electron chi connectivity index (χ1n) is 7.11. The van der Waals surface area contributed by atoms with Crippen LogP contribution in [-0.4, -0.2) is 32.8 Å². The molecule has 0 spiro atoms. The largest absolute Gasteiger partial charge is 0.349 e. The van der Waals surface area contributed by atoms with Gasteiger partial charge in [0, 0.05) is 30.7 Å². The van der Waals surface area contributed by atoms with Crippen LogP contribution in [0.5, 0.6) is 0 Å². The number of carbonyl (C=O) groups excluding carboxylic acids is 1. The van der Waals surface area contributed by atoms with Crippen LogP contribution in [0.3, 0.4) is 0 Å². The van der Waals surface area contributed by atoms with Crippen molar-refractivity contribution >= 4 is 5.91 Å². The second-order valence-corrected chi connectivity index (χ2v) is 5.10. The Hall–Kier alpha value is -2.21. The topological polar surface area (TPSA) is 85.8 Å². The molecule has 0 aliphatic rings. The molecular formula is C15H21N5O. The zero-order chi connectivity index (χ0) is 15.3. The smallest absolute Gasteiger partial charge is 0.270 e. The van der Waals surface area contributed by atoms with Crippen molar-refractivity contribution in [2.24, 2.45) is 5.73 Å². The molecule has 0 aliphatic heterocycles. The average Bonchev–Trinajstić information content (AvgIpc) is 3.07. The normalized spacial score (nSPS) is 11.4. The maximum absolute atomic E-state index is 12.2. The van der Waals surface area contributed by atoms with Crippen molar-refractivity contribution in [2.45, 2.75) is 32.2 Å². The molecule has 2 rings (SSSR count). The van der Waals surface area contributed by atoms with Crippen molar-refractivity contribution in [1.29, 1.82) is 0 Å². The lowest BCUT2D eigenvalue weighted by Crippen LogP contribution is -2.49. The summed E-state index contributed by atoms with van der Waals surface area (Å²) in [6, 6.07) is 5.33. The summed E-state index contributed by atoms with van der Waals surface area (Å²) < 4.78 is 1.68.